The highest BCUT2D eigenvalue weighted by Gasteiger charge is 2.34. The lowest BCUT2D eigenvalue weighted by atomic mass is 9.77. The van der Waals surface area contributed by atoms with Gasteiger partial charge in [0, 0.05) is 44.3 Å². The molecule has 0 spiro atoms. The van der Waals surface area contributed by atoms with Gasteiger partial charge in [-0.2, -0.15) is 0 Å². The lowest BCUT2D eigenvalue weighted by Gasteiger charge is -2.42. The van der Waals surface area contributed by atoms with Crippen molar-refractivity contribution in [3.8, 4) is 22.6 Å². The molecule has 1 aliphatic carbocycles. The molecule has 3 aromatic carbocycles. The number of unbranched alkanes of at least 4 members (excludes halogenated alkanes) is 1. The molecule has 3 aliphatic rings. The second kappa shape index (κ2) is 12.0. The summed E-state index contributed by atoms with van der Waals surface area (Å²) in [5, 5.41) is 0. The summed E-state index contributed by atoms with van der Waals surface area (Å²) in [6, 6.07) is 22.5. The average Bonchev–Trinajstić information content (AvgIpc) is 2.98. The van der Waals surface area contributed by atoms with E-state index in [2.05, 4.69) is 76.2 Å². The summed E-state index contributed by atoms with van der Waals surface area (Å²) in [7, 11) is 1.76. The van der Waals surface area contributed by atoms with Crippen LogP contribution >= 0.6 is 0 Å². The number of benzene rings is 3. The van der Waals surface area contributed by atoms with Crippen molar-refractivity contribution in [1.29, 1.82) is 0 Å². The van der Waals surface area contributed by atoms with Gasteiger partial charge in [-0.05, 0) is 85.6 Å². The third kappa shape index (κ3) is 5.39. The van der Waals surface area contributed by atoms with Gasteiger partial charge >= 0.3 is 0 Å². The number of nitrogens with zero attached hydrogens (tertiary/aromatic N) is 3. The van der Waals surface area contributed by atoms with Crippen LogP contribution < -0.4 is 14.4 Å². The molecule has 1 fully saturated rings. The second-order valence-electron chi connectivity index (χ2n) is 11.2. The Morgan fingerprint density at radius 3 is 2.44 bits per heavy atom. The Morgan fingerprint density at radius 2 is 1.59 bits per heavy atom. The monoisotopic (exact) mass is 525 g/mol. The van der Waals surface area contributed by atoms with Gasteiger partial charge in [0.1, 0.15) is 11.5 Å². The van der Waals surface area contributed by atoms with Crippen LogP contribution in [0.1, 0.15) is 48.9 Å². The van der Waals surface area contributed by atoms with Gasteiger partial charge in [0.25, 0.3) is 0 Å². The minimum Gasteiger partial charge on any atom is -0.495 e. The Kier molecular flexibility index (Phi) is 8.08. The van der Waals surface area contributed by atoms with Crippen molar-refractivity contribution in [2.24, 2.45) is 0 Å². The molecule has 2 heterocycles. The molecule has 0 aromatic heterocycles. The van der Waals surface area contributed by atoms with Crippen LogP contribution in [0.3, 0.4) is 0 Å². The summed E-state index contributed by atoms with van der Waals surface area (Å²) in [6.45, 7) is 10.9. The van der Waals surface area contributed by atoms with Crippen molar-refractivity contribution in [3.05, 3.63) is 77.4 Å². The van der Waals surface area contributed by atoms with E-state index in [0.29, 0.717) is 6.04 Å². The van der Waals surface area contributed by atoms with Gasteiger partial charge in [-0.25, -0.2) is 0 Å². The molecule has 39 heavy (non-hydrogen) atoms. The van der Waals surface area contributed by atoms with Crippen LogP contribution in [0, 0.1) is 0 Å². The zero-order valence-corrected chi connectivity index (χ0v) is 23.7. The highest BCUT2D eigenvalue weighted by atomic mass is 16.5. The molecule has 0 bridgehead atoms. The maximum atomic E-state index is 6.50. The molecule has 5 heteroatoms. The van der Waals surface area contributed by atoms with E-state index in [4.69, 9.17) is 9.47 Å². The number of hydrogen-bond donors (Lipinski definition) is 0. The zero-order valence-electron chi connectivity index (χ0n) is 23.7. The van der Waals surface area contributed by atoms with Crippen LogP contribution in [-0.4, -0.2) is 69.3 Å². The van der Waals surface area contributed by atoms with Crippen molar-refractivity contribution in [2.75, 3.05) is 64.4 Å². The van der Waals surface area contributed by atoms with Gasteiger partial charge in [0.15, 0.2) is 0 Å². The fourth-order valence-corrected chi connectivity index (χ4v) is 6.93. The molecular weight excluding hydrogens is 482 g/mol. The lowest BCUT2D eigenvalue weighted by molar-refractivity contribution is 0.182. The molecule has 2 aliphatic heterocycles. The molecule has 3 aromatic rings. The largest absolute Gasteiger partial charge is 0.495 e. The molecule has 0 unspecified atom stereocenters. The minimum atomic E-state index is 0.510. The fourth-order valence-electron chi connectivity index (χ4n) is 6.93. The lowest BCUT2D eigenvalue weighted by Crippen LogP contribution is -2.46. The van der Waals surface area contributed by atoms with Crippen LogP contribution in [0.2, 0.25) is 0 Å². The summed E-state index contributed by atoms with van der Waals surface area (Å²) in [5.41, 5.74) is 8.50. The fraction of sp³-hybridized carbons (Fsp3) is 0.471. The van der Waals surface area contributed by atoms with Crippen LogP contribution in [-0.2, 0) is 12.8 Å². The summed E-state index contributed by atoms with van der Waals surface area (Å²) in [6.07, 6.45) is 5.71. The predicted molar refractivity (Wildman–Crippen MR) is 160 cm³/mol. The number of ether oxygens (including phenoxy) is 2. The van der Waals surface area contributed by atoms with Gasteiger partial charge in [0.05, 0.1) is 19.4 Å². The van der Waals surface area contributed by atoms with Crippen molar-refractivity contribution < 1.29 is 9.47 Å². The van der Waals surface area contributed by atoms with Crippen LogP contribution in [0.25, 0.3) is 11.1 Å². The van der Waals surface area contributed by atoms with Gasteiger partial charge in [-0.15, -0.1) is 0 Å². The first-order valence-electron chi connectivity index (χ1n) is 15.0. The minimum absolute atomic E-state index is 0.510. The molecule has 0 N–H and O–H groups in total. The van der Waals surface area contributed by atoms with Crippen molar-refractivity contribution in [1.82, 2.24) is 9.80 Å². The Bertz CT molecular complexity index is 1270. The summed E-state index contributed by atoms with van der Waals surface area (Å²) in [5.74, 6) is 2.04. The zero-order chi connectivity index (χ0) is 26.6. The second-order valence-corrected chi connectivity index (χ2v) is 11.2. The molecule has 5 nitrogen and oxygen atoms in total. The topological polar surface area (TPSA) is 28.2 Å². The first kappa shape index (κ1) is 26.2. The number of rotatable bonds is 10. The summed E-state index contributed by atoms with van der Waals surface area (Å²) in [4.78, 5) is 7.75. The van der Waals surface area contributed by atoms with E-state index in [0.717, 1.165) is 70.1 Å². The molecule has 0 radical (unpaired) electrons. The predicted octanol–water partition coefficient (Wildman–Crippen LogP) is 6.21. The molecule has 0 amide bonds. The average molecular weight is 526 g/mol. The van der Waals surface area contributed by atoms with E-state index in [1.165, 1.54) is 53.9 Å². The highest BCUT2D eigenvalue weighted by molar-refractivity contribution is 5.80. The molecule has 1 atom stereocenters. The molecule has 1 saturated heterocycles. The van der Waals surface area contributed by atoms with E-state index in [1.807, 2.05) is 6.07 Å². The van der Waals surface area contributed by atoms with Crippen molar-refractivity contribution in [3.63, 3.8) is 0 Å². The molecule has 0 saturated carbocycles. The Morgan fingerprint density at radius 1 is 0.795 bits per heavy atom. The van der Waals surface area contributed by atoms with Crippen LogP contribution in [0.5, 0.6) is 11.5 Å². The van der Waals surface area contributed by atoms with Crippen molar-refractivity contribution >= 4 is 5.69 Å². The van der Waals surface area contributed by atoms with E-state index >= 15 is 0 Å². The Balaban J connectivity index is 1.04. The van der Waals surface area contributed by atoms with E-state index < -0.39 is 0 Å². The normalized spacial score (nSPS) is 18.9. The maximum Gasteiger partial charge on any atom is 0.142 e. The summed E-state index contributed by atoms with van der Waals surface area (Å²) < 4.78 is 12.1. The van der Waals surface area contributed by atoms with Gasteiger partial charge in [-0.3, -0.25) is 9.80 Å². The first-order valence-corrected chi connectivity index (χ1v) is 15.0. The van der Waals surface area contributed by atoms with Crippen LogP contribution in [0.4, 0.5) is 5.69 Å². The van der Waals surface area contributed by atoms with E-state index in [1.54, 1.807) is 12.7 Å². The number of anilines is 1. The SMILES string of the molecule is CCCN1CCc2cccc3c2[C@@H]1Cc1cccc(OCCCCN2CCN(c4ccccc4OC)CC2)c1-3. The van der Waals surface area contributed by atoms with Crippen LogP contribution in [0.15, 0.2) is 60.7 Å². The quantitative estimate of drug-likeness (QED) is 0.294. The standard InChI is InChI=1S/C34H43N3O2/c1-3-17-36-19-16-26-10-8-12-28-33(26)30(36)25-27-11-9-15-32(34(27)28)39-24-7-6-18-35-20-22-37(23-21-35)29-13-4-5-14-31(29)38-2/h4-5,8-15,30H,3,6-7,16-25H2,1-2H3/t30-/m0/s1. The number of hydrogen-bond acceptors (Lipinski definition) is 5. The van der Waals surface area contributed by atoms with Gasteiger partial charge in [0.2, 0.25) is 0 Å². The number of para-hydroxylation sites is 2. The Labute approximate surface area is 234 Å². The van der Waals surface area contributed by atoms with Gasteiger partial charge in [-0.1, -0.05) is 49.4 Å². The maximum absolute atomic E-state index is 6.50. The molecule has 6 rings (SSSR count). The van der Waals surface area contributed by atoms with E-state index in [-0.39, 0.29) is 0 Å². The number of methoxy groups -OCH3 is 1. The third-order valence-corrected chi connectivity index (χ3v) is 8.87. The molecular formula is C34H43N3O2. The Hall–Kier alpha value is -3.02. The van der Waals surface area contributed by atoms with Crippen molar-refractivity contribution in [2.45, 2.75) is 45.1 Å². The van der Waals surface area contributed by atoms with Gasteiger partial charge < -0.3 is 14.4 Å². The smallest absolute Gasteiger partial charge is 0.142 e. The summed E-state index contributed by atoms with van der Waals surface area (Å²) >= 11 is 0. The first-order chi connectivity index (χ1) is 19.3. The van der Waals surface area contributed by atoms with E-state index in [9.17, 15) is 0 Å². The number of fused-ring (bicyclic) bond motifs is 2. The number of piperazine rings is 1. The highest BCUT2D eigenvalue weighted by Crippen LogP contribution is 2.48. The molecule has 206 valence electrons. The third-order valence-electron chi connectivity index (χ3n) is 8.87.